The van der Waals surface area contributed by atoms with E-state index in [9.17, 15) is 40.2 Å². The third-order valence-corrected chi connectivity index (χ3v) is 6.88. The van der Waals surface area contributed by atoms with Crippen LogP contribution in [0.25, 0.3) is 28.4 Å². The van der Waals surface area contributed by atoms with E-state index in [1.54, 1.807) is 12.1 Å². The highest BCUT2D eigenvalue weighted by Gasteiger charge is 2.47. The molecule has 3 aromatic carbocycles. The van der Waals surface area contributed by atoms with E-state index in [1.165, 1.54) is 49.6 Å². The second-order valence-electron chi connectivity index (χ2n) is 9.83. The third kappa shape index (κ3) is 6.31. The normalized spacial score (nSPS) is 21.8. The van der Waals surface area contributed by atoms with Crippen LogP contribution in [0, 0.1) is 0 Å². The van der Waals surface area contributed by atoms with Crippen LogP contribution < -0.4 is 14.9 Å². The monoisotopic (exact) mass is 608 g/mol. The number of benzene rings is 3. The number of fused-ring (bicyclic) bond motifs is 1. The summed E-state index contributed by atoms with van der Waals surface area (Å²) in [4.78, 5) is 25.4. The van der Waals surface area contributed by atoms with Crippen LogP contribution in [0.5, 0.6) is 28.7 Å². The van der Waals surface area contributed by atoms with Gasteiger partial charge in [-0.05, 0) is 42.0 Å². The van der Waals surface area contributed by atoms with E-state index in [-0.39, 0.29) is 39.7 Å². The Hall–Kier alpha value is -5.08. The zero-order valence-electron chi connectivity index (χ0n) is 23.1. The zero-order valence-corrected chi connectivity index (χ0v) is 23.1. The molecular formula is C31H28O13. The van der Waals surface area contributed by atoms with E-state index in [2.05, 4.69) is 0 Å². The largest absolute Gasteiger partial charge is 0.508 e. The molecule has 1 aliphatic heterocycles. The molecule has 44 heavy (non-hydrogen) atoms. The maximum atomic E-state index is 12.9. The van der Waals surface area contributed by atoms with Gasteiger partial charge in [0.25, 0.3) is 0 Å². The lowest BCUT2D eigenvalue weighted by molar-refractivity contribution is -0.280. The maximum absolute atomic E-state index is 12.9. The molecule has 13 nitrogen and oxygen atoms in total. The average Bonchev–Trinajstić information content (AvgIpc) is 3.00. The topological polar surface area (TPSA) is 206 Å². The molecule has 0 bridgehead atoms. The van der Waals surface area contributed by atoms with Crippen molar-refractivity contribution < 1.29 is 58.8 Å². The molecule has 230 valence electrons. The van der Waals surface area contributed by atoms with Crippen LogP contribution in [0.3, 0.4) is 0 Å². The van der Waals surface area contributed by atoms with E-state index in [0.717, 1.165) is 18.2 Å². The summed E-state index contributed by atoms with van der Waals surface area (Å²) in [6.45, 7) is -0.720. The number of hydrogen-bond acceptors (Lipinski definition) is 13. The van der Waals surface area contributed by atoms with Crippen molar-refractivity contribution in [1.29, 1.82) is 0 Å². The number of carbonyl (C=O) groups is 1. The molecule has 1 fully saturated rings. The number of aliphatic hydroxyl groups is 3. The van der Waals surface area contributed by atoms with Crippen molar-refractivity contribution in [2.75, 3.05) is 13.7 Å². The van der Waals surface area contributed by atoms with Crippen LogP contribution in [0.2, 0.25) is 0 Å². The number of rotatable bonds is 8. The molecule has 0 radical (unpaired) electrons. The quantitative estimate of drug-likeness (QED) is 0.125. The maximum Gasteiger partial charge on any atom is 0.331 e. The summed E-state index contributed by atoms with van der Waals surface area (Å²) in [5.74, 6) is -1.42. The van der Waals surface area contributed by atoms with Gasteiger partial charge < -0.3 is 54.0 Å². The highest BCUT2D eigenvalue weighted by atomic mass is 16.7. The Kier molecular flexibility index (Phi) is 8.73. The van der Waals surface area contributed by atoms with Crippen LogP contribution in [0.15, 0.2) is 76.0 Å². The molecule has 1 aliphatic rings. The van der Waals surface area contributed by atoms with Gasteiger partial charge >= 0.3 is 5.97 Å². The summed E-state index contributed by atoms with van der Waals surface area (Å²) < 4.78 is 27.5. The van der Waals surface area contributed by atoms with Crippen LogP contribution in [0.1, 0.15) is 5.56 Å². The molecule has 0 aliphatic carbocycles. The number of methoxy groups -OCH3 is 1. The van der Waals surface area contributed by atoms with E-state index < -0.39 is 54.5 Å². The Labute approximate surface area is 249 Å². The molecule has 2 heterocycles. The average molecular weight is 609 g/mol. The van der Waals surface area contributed by atoms with Crippen LogP contribution >= 0.6 is 0 Å². The van der Waals surface area contributed by atoms with E-state index in [1.807, 2.05) is 0 Å². The lowest BCUT2D eigenvalue weighted by Crippen LogP contribution is -2.61. The second-order valence-corrected chi connectivity index (χ2v) is 9.83. The minimum Gasteiger partial charge on any atom is -0.508 e. The van der Waals surface area contributed by atoms with Gasteiger partial charge in [-0.2, -0.15) is 0 Å². The van der Waals surface area contributed by atoms with Crippen molar-refractivity contribution >= 4 is 23.0 Å². The van der Waals surface area contributed by atoms with E-state index in [4.69, 9.17) is 23.4 Å². The molecule has 0 amide bonds. The lowest BCUT2D eigenvalue weighted by atomic mass is 9.99. The van der Waals surface area contributed by atoms with E-state index in [0.29, 0.717) is 11.1 Å². The van der Waals surface area contributed by atoms with Crippen molar-refractivity contribution in [2.45, 2.75) is 30.7 Å². The Morgan fingerprint density at radius 3 is 2.41 bits per heavy atom. The summed E-state index contributed by atoms with van der Waals surface area (Å²) in [6, 6.07) is 13.7. The van der Waals surface area contributed by atoms with Crippen molar-refractivity contribution in [2.24, 2.45) is 0 Å². The summed E-state index contributed by atoms with van der Waals surface area (Å²) in [5, 5.41) is 61.1. The fourth-order valence-electron chi connectivity index (χ4n) is 4.63. The summed E-state index contributed by atoms with van der Waals surface area (Å²) in [6.07, 6.45) is -5.48. The van der Waals surface area contributed by atoms with Gasteiger partial charge in [0.05, 0.1) is 13.7 Å². The Morgan fingerprint density at radius 2 is 1.70 bits per heavy atom. The predicted octanol–water partition coefficient (Wildman–Crippen LogP) is 2.03. The minimum absolute atomic E-state index is 0.0413. The van der Waals surface area contributed by atoms with Crippen molar-refractivity contribution in [3.05, 3.63) is 82.5 Å². The Morgan fingerprint density at radius 1 is 0.955 bits per heavy atom. The fraction of sp³-hybridized carbons (Fsp3) is 0.226. The highest BCUT2D eigenvalue weighted by Crippen LogP contribution is 2.35. The Balaban J connectivity index is 1.40. The van der Waals surface area contributed by atoms with Gasteiger partial charge in [0.2, 0.25) is 6.29 Å². The molecule has 5 atom stereocenters. The number of aromatic hydroxyl groups is 3. The number of ether oxygens (including phenoxy) is 4. The van der Waals surface area contributed by atoms with E-state index >= 15 is 0 Å². The summed E-state index contributed by atoms with van der Waals surface area (Å²) >= 11 is 0. The van der Waals surface area contributed by atoms with Gasteiger partial charge in [0, 0.05) is 29.8 Å². The Bertz CT molecular complexity index is 1740. The SMILES string of the molecule is COc1cc(-c2cc(=O)c3c(O)cc(O[C@@H]4OC(CO)[C@@H](O)[C@H](OC(=O)/C=C\c5ccc(O)cc5)C4O)cc3o2)ccc1O. The van der Waals surface area contributed by atoms with Crippen LogP contribution in [-0.4, -0.2) is 81.0 Å². The fourth-order valence-corrected chi connectivity index (χ4v) is 4.63. The number of aliphatic hydroxyl groups excluding tert-OH is 3. The number of hydrogen-bond donors (Lipinski definition) is 6. The molecule has 0 saturated carbocycles. The van der Waals surface area contributed by atoms with Gasteiger partial charge in [-0.25, -0.2) is 4.79 Å². The number of carbonyl (C=O) groups excluding carboxylic acids is 1. The van der Waals surface area contributed by atoms with Gasteiger partial charge in [-0.3, -0.25) is 4.79 Å². The molecular weight excluding hydrogens is 580 g/mol. The van der Waals surface area contributed by atoms with Crippen LogP contribution in [-0.2, 0) is 14.3 Å². The van der Waals surface area contributed by atoms with Crippen LogP contribution in [0.4, 0.5) is 0 Å². The number of esters is 1. The standard InChI is InChI=1S/C31H28O13/c1-40-23-10-16(5-8-19(23)34)22-13-21(36)27-20(35)11-18(12-24(27)42-22)41-31-29(39)30(28(38)25(14-32)43-31)44-26(37)9-4-15-2-6-17(33)7-3-15/h2-13,25,28-35,38-39H,14H2,1H3/b9-4-/t25?,28-,29?,30+,31-/m1/s1. The first-order valence-corrected chi connectivity index (χ1v) is 13.2. The molecule has 5 rings (SSSR count). The lowest BCUT2D eigenvalue weighted by Gasteiger charge is -2.41. The molecule has 1 aromatic heterocycles. The van der Waals surface area contributed by atoms with Gasteiger partial charge in [-0.15, -0.1) is 0 Å². The minimum atomic E-state index is -1.76. The number of phenolic OH excluding ortho intramolecular Hbond substituents is 3. The molecule has 13 heteroatoms. The smallest absolute Gasteiger partial charge is 0.331 e. The molecule has 2 unspecified atom stereocenters. The first-order valence-electron chi connectivity index (χ1n) is 13.2. The summed E-state index contributed by atoms with van der Waals surface area (Å²) in [5.41, 5.74) is 0.278. The predicted molar refractivity (Wildman–Crippen MR) is 153 cm³/mol. The molecule has 1 saturated heterocycles. The first-order chi connectivity index (χ1) is 21.1. The first kappa shape index (κ1) is 30.4. The molecule has 0 spiro atoms. The van der Waals surface area contributed by atoms with Gasteiger partial charge in [0.15, 0.2) is 29.1 Å². The van der Waals surface area contributed by atoms with Crippen molar-refractivity contribution in [3.8, 4) is 40.1 Å². The zero-order chi connectivity index (χ0) is 31.5. The number of phenols is 3. The van der Waals surface area contributed by atoms with Gasteiger partial charge in [0.1, 0.15) is 46.2 Å². The van der Waals surface area contributed by atoms with Crippen molar-refractivity contribution in [3.63, 3.8) is 0 Å². The molecule has 4 aromatic rings. The van der Waals surface area contributed by atoms with Gasteiger partial charge in [-0.1, -0.05) is 12.1 Å². The summed E-state index contributed by atoms with van der Waals surface area (Å²) in [7, 11) is 1.36. The third-order valence-electron chi connectivity index (χ3n) is 6.88. The van der Waals surface area contributed by atoms with Crippen molar-refractivity contribution in [1.82, 2.24) is 0 Å². The highest BCUT2D eigenvalue weighted by molar-refractivity contribution is 5.87. The molecule has 6 N–H and O–H groups in total. The second kappa shape index (κ2) is 12.7.